The van der Waals surface area contributed by atoms with Crippen molar-refractivity contribution < 1.29 is 4.79 Å². The average molecular weight is 289 g/mol. The number of amides is 1. The van der Waals surface area contributed by atoms with Gasteiger partial charge in [0.15, 0.2) is 0 Å². The molecule has 21 heavy (non-hydrogen) atoms. The van der Waals surface area contributed by atoms with Gasteiger partial charge < -0.3 is 10.3 Å². The van der Waals surface area contributed by atoms with Crippen molar-refractivity contribution in [2.45, 2.75) is 40.3 Å². The largest absolute Gasteiger partial charge is 0.344 e. The van der Waals surface area contributed by atoms with E-state index < -0.39 is 5.56 Å². The van der Waals surface area contributed by atoms with Gasteiger partial charge in [-0.25, -0.2) is 0 Å². The van der Waals surface area contributed by atoms with Crippen LogP contribution in [-0.4, -0.2) is 25.7 Å². The molecule has 0 unspecified atom stereocenters. The second-order valence-electron chi connectivity index (χ2n) is 4.91. The lowest BCUT2D eigenvalue weighted by atomic mass is 10.1. The monoisotopic (exact) mass is 289 g/mol. The SMILES string of the molecule is CCn1nc(C)c([C@H](C)NC(=O)c2cncc(=O)[nH]2)c1C. The van der Waals surface area contributed by atoms with Gasteiger partial charge >= 0.3 is 0 Å². The Bertz CT molecular complexity index is 716. The van der Waals surface area contributed by atoms with Crippen LogP contribution in [-0.2, 0) is 6.54 Å². The zero-order valence-electron chi connectivity index (χ0n) is 12.6. The summed E-state index contributed by atoms with van der Waals surface area (Å²) in [6, 6.07) is -0.207. The van der Waals surface area contributed by atoms with E-state index in [4.69, 9.17) is 0 Å². The van der Waals surface area contributed by atoms with E-state index >= 15 is 0 Å². The number of aryl methyl sites for hydroxylation is 2. The molecule has 2 aromatic rings. The average Bonchev–Trinajstić information content (AvgIpc) is 2.73. The highest BCUT2D eigenvalue weighted by molar-refractivity contribution is 5.92. The van der Waals surface area contributed by atoms with Gasteiger partial charge in [0, 0.05) is 17.8 Å². The third-order valence-corrected chi connectivity index (χ3v) is 3.42. The number of rotatable bonds is 4. The second-order valence-corrected chi connectivity index (χ2v) is 4.91. The Morgan fingerprint density at radius 3 is 2.71 bits per heavy atom. The van der Waals surface area contributed by atoms with Crippen molar-refractivity contribution in [2.24, 2.45) is 0 Å². The number of aromatic amines is 1. The van der Waals surface area contributed by atoms with Crippen LogP contribution in [0.1, 0.15) is 47.3 Å². The van der Waals surface area contributed by atoms with Crippen LogP contribution >= 0.6 is 0 Å². The van der Waals surface area contributed by atoms with Crippen LogP contribution in [0.2, 0.25) is 0 Å². The molecule has 0 saturated heterocycles. The van der Waals surface area contributed by atoms with Crippen molar-refractivity contribution >= 4 is 5.91 Å². The Morgan fingerprint density at radius 2 is 2.14 bits per heavy atom. The molecule has 1 atom stereocenters. The van der Waals surface area contributed by atoms with Crippen LogP contribution in [0, 0.1) is 13.8 Å². The maximum atomic E-state index is 12.1. The first-order valence-corrected chi connectivity index (χ1v) is 6.83. The van der Waals surface area contributed by atoms with E-state index in [1.165, 1.54) is 6.20 Å². The predicted octanol–water partition coefficient (Wildman–Crippen LogP) is 1.09. The summed E-state index contributed by atoms with van der Waals surface area (Å²) in [4.78, 5) is 29.5. The summed E-state index contributed by atoms with van der Waals surface area (Å²) in [6.07, 6.45) is 2.46. The summed E-state index contributed by atoms with van der Waals surface area (Å²) < 4.78 is 1.90. The van der Waals surface area contributed by atoms with E-state index in [0.717, 1.165) is 29.7 Å². The third-order valence-electron chi connectivity index (χ3n) is 3.42. The molecule has 0 aromatic carbocycles. The van der Waals surface area contributed by atoms with Gasteiger partial charge in [-0.3, -0.25) is 19.3 Å². The molecule has 7 nitrogen and oxygen atoms in total. The third kappa shape index (κ3) is 3.01. The van der Waals surface area contributed by atoms with Crippen LogP contribution in [0.4, 0.5) is 0 Å². The zero-order valence-corrected chi connectivity index (χ0v) is 12.6. The molecule has 112 valence electrons. The molecule has 0 aliphatic rings. The lowest BCUT2D eigenvalue weighted by Crippen LogP contribution is -2.29. The maximum absolute atomic E-state index is 12.1. The van der Waals surface area contributed by atoms with Crippen LogP contribution < -0.4 is 10.9 Å². The Labute approximate surface area is 122 Å². The molecule has 7 heteroatoms. The first-order chi connectivity index (χ1) is 9.93. The van der Waals surface area contributed by atoms with Gasteiger partial charge in [-0.1, -0.05) is 0 Å². The standard InChI is InChI=1S/C14H19N5O2/c1-5-19-10(4)13(9(3)18-19)8(2)16-14(21)11-6-15-7-12(20)17-11/h6-8H,5H2,1-4H3,(H,16,21)(H,17,20)/t8-/m0/s1. The van der Waals surface area contributed by atoms with Gasteiger partial charge in [0.2, 0.25) is 0 Å². The number of hydrogen-bond donors (Lipinski definition) is 2. The van der Waals surface area contributed by atoms with Gasteiger partial charge in [-0.15, -0.1) is 0 Å². The van der Waals surface area contributed by atoms with Gasteiger partial charge in [-0.2, -0.15) is 5.10 Å². The summed E-state index contributed by atoms with van der Waals surface area (Å²) >= 11 is 0. The molecule has 0 bridgehead atoms. The fourth-order valence-electron chi connectivity index (χ4n) is 2.48. The Balaban J connectivity index is 2.22. The molecule has 1 amide bonds. The van der Waals surface area contributed by atoms with Gasteiger partial charge in [-0.05, 0) is 27.7 Å². The Kier molecular flexibility index (Phi) is 4.21. The molecular formula is C14H19N5O2. The highest BCUT2D eigenvalue weighted by Crippen LogP contribution is 2.21. The lowest BCUT2D eigenvalue weighted by molar-refractivity contribution is 0.0934. The molecule has 0 radical (unpaired) electrons. The smallest absolute Gasteiger partial charge is 0.269 e. The Morgan fingerprint density at radius 1 is 1.43 bits per heavy atom. The van der Waals surface area contributed by atoms with Crippen molar-refractivity contribution in [3.05, 3.63) is 45.4 Å². The second kappa shape index (κ2) is 5.90. The van der Waals surface area contributed by atoms with Gasteiger partial charge in [0.05, 0.1) is 24.1 Å². The number of nitrogens with zero attached hydrogens (tertiary/aromatic N) is 3. The minimum absolute atomic E-state index is 0.146. The highest BCUT2D eigenvalue weighted by atomic mass is 16.2. The zero-order chi connectivity index (χ0) is 15.6. The number of hydrogen-bond acceptors (Lipinski definition) is 4. The number of H-pyrrole nitrogens is 1. The van der Waals surface area contributed by atoms with Crippen molar-refractivity contribution in [3.63, 3.8) is 0 Å². The highest BCUT2D eigenvalue weighted by Gasteiger charge is 2.19. The molecule has 2 heterocycles. The lowest BCUT2D eigenvalue weighted by Gasteiger charge is -2.14. The number of carbonyl (C=O) groups excluding carboxylic acids is 1. The Hall–Kier alpha value is -2.44. The fraction of sp³-hybridized carbons (Fsp3) is 0.429. The summed E-state index contributed by atoms with van der Waals surface area (Å²) in [6.45, 7) is 8.59. The van der Waals surface area contributed by atoms with Crippen molar-refractivity contribution in [3.8, 4) is 0 Å². The fourth-order valence-corrected chi connectivity index (χ4v) is 2.48. The topological polar surface area (TPSA) is 92.7 Å². The van der Waals surface area contributed by atoms with Crippen molar-refractivity contribution in [2.75, 3.05) is 0 Å². The number of carbonyl (C=O) groups is 1. The summed E-state index contributed by atoms with van der Waals surface area (Å²) in [5.74, 6) is -0.365. The normalized spacial score (nSPS) is 12.2. The summed E-state index contributed by atoms with van der Waals surface area (Å²) in [5, 5.41) is 7.30. The molecule has 0 fully saturated rings. The molecule has 2 aromatic heterocycles. The number of nitrogens with one attached hydrogen (secondary N) is 2. The molecule has 0 aliphatic heterocycles. The van der Waals surface area contributed by atoms with E-state index in [0.29, 0.717) is 0 Å². The first kappa shape index (κ1) is 15.0. The summed E-state index contributed by atoms with van der Waals surface area (Å²) in [7, 11) is 0. The number of aromatic nitrogens is 4. The van der Waals surface area contributed by atoms with Crippen LogP contribution in [0.15, 0.2) is 17.2 Å². The summed E-state index contributed by atoms with van der Waals surface area (Å²) in [5.41, 5.74) is 2.66. The van der Waals surface area contributed by atoms with E-state index in [1.54, 1.807) is 0 Å². The van der Waals surface area contributed by atoms with Gasteiger partial charge in [0.25, 0.3) is 11.5 Å². The molecule has 2 N–H and O–H groups in total. The van der Waals surface area contributed by atoms with Gasteiger partial charge in [0.1, 0.15) is 5.69 Å². The van der Waals surface area contributed by atoms with Crippen LogP contribution in [0.5, 0.6) is 0 Å². The van der Waals surface area contributed by atoms with E-state index in [9.17, 15) is 9.59 Å². The molecule has 0 aliphatic carbocycles. The van der Waals surface area contributed by atoms with E-state index in [2.05, 4.69) is 20.4 Å². The van der Waals surface area contributed by atoms with Crippen LogP contribution in [0.25, 0.3) is 0 Å². The van der Waals surface area contributed by atoms with Crippen molar-refractivity contribution in [1.82, 2.24) is 25.1 Å². The quantitative estimate of drug-likeness (QED) is 0.881. The predicted molar refractivity (Wildman–Crippen MR) is 78.1 cm³/mol. The molecule has 2 rings (SSSR count). The molecule has 0 spiro atoms. The minimum atomic E-state index is -0.401. The maximum Gasteiger partial charge on any atom is 0.269 e. The first-order valence-electron chi connectivity index (χ1n) is 6.83. The van der Waals surface area contributed by atoms with Crippen LogP contribution in [0.3, 0.4) is 0 Å². The molecule has 0 saturated carbocycles. The minimum Gasteiger partial charge on any atom is -0.344 e. The van der Waals surface area contributed by atoms with E-state index in [-0.39, 0.29) is 17.6 Å². The van der Waals surface area contributed by atoms with Crippen molar-refractivity contribution in [1.29, 1.82) is 0 Å². The molecular weight excluding hydrogens is 270 g/mol. The van der Waals surface area contributed by atoms with E-state index in [1.807, 2.05) is 32.4 Å².